The molecule has 1 aliphatic heterocycles. The zero-order chi connectivity index (χ0) is 12.5. The van der Waals surface area contributed by atoms with Gasteiger partial charge in [0.1, 0.15) is 5.82 Å². The van der Waals surface area contributed by atoms with Gasteiger partial charge in [-0.2, -0.15) is 0 Å². The maximum Gasteiger partial charge on any atom is 0.112 e. The first-order valence-electron chi connectivity index (χ1n) is 6.43. The second-order valence-electron chi connectivity index (χ2n) is 4.90. The number of aryl methyl sites for hydroxylation is 1. The molecule has 4 nitrogen and oxygen atoms in total. The van der Waals surface area contributed by atoms with Crippen LogP contribution in [0.25, 0.3) is 11.0 Å². The van der Waals surface area contributed by atoms with Crippen molar-refractivity contribution in [2.24, 2.45) is 7.05 Å². The number of imidazole rings is 1. The standard InChI is InChI=1S/C14H18N2O2/c1-16-13-8-10(9-17)2-3-12(13)15-14(16)11-4-6-18-7-5-11/h2-3,8,11,17H,4-7,9H2,1H3. The Hall–Kier alpha value is -1.39. The van der Waals surface area contributed by atoms with Gasteiger partial charge >= 0.3 is 0 Å². The minimum atomic E-state index is 0.0771. The summed E-state index contributed by atoms with van der Waals surface area (Å²) < 4.78 is 7.56. The van der Waals surface area contributed by atoms with E-state index < -0.39 is 0 Å². The van der Waals surface area contributed by atoms with Crippen LogP contribution in [-0.4, -0.2) is 27.9 Å². The van der Waals surface area contributed by atoms with Crippen LogP contribution in [0.1, 0.15) is 30.1 Å². The van der Waals surface area contributed by atoms with Crippen molar-refractivity contribution in [3.05, 3.63) is 29.6 Å². The van der Waals surface area contributed by atoms with Gasteiger partial charge in [0.05, 0.1) is 17.6 Å². The molecule has 2 aromatic rings. The Morgan fingerprint density at radius 1 is 1.39 bits per heavy atom. The maximum atomic E-state index is 9.20. The molecule has 4 heteroatoms. The fourth-order valence-corrected chi connectivity index (χ4v) is 2.67. The number of benzene rings is 1. The molecular weight excluding hydrogens is 228 g/mol. The zero-order valence-electron chi connectivity index (χ0n) is 10.6. The van der Waals surface area contributed by atoms with E-state index in [1.54, 1.807) is 0 Å². The minimum absolute atomic E-state index is 0.0771. The third kappa shape index (κ3) is 1.91. The van der Waals surface area contributed by atoms with Crippen LogP contribution in [-0.2, 0) is 18.4 Å². The van der Waals surface area contributed by atoms with Gasteiger partial charge in [-0.25, -0.2) is 4.98 Å². The first-order chi connectivity index (χ1) is 8.79. The van der Waals surface area contributed by atoms with Crippen molar-refractivity contribution >= 4 is 11.0 Å². The molecule has 18 heavy (non-hydrogen) atoms. The summed E-state index contributed by atoms with van der Waals surface area (Å²) in [6.45, 7) is 1.74. The fourth-order valence-electron chi connectivity index (χ4n) is 2.67. The van der Waals surface area contributed by atoms with Crippen molar-refractivity contribution < 1.29 is 9.84 Å². The first-order valence-corrected chi connectivity index (χ1v) is 6.43. The largest absolute Gasteiger partial charge is 0.392 e. The third-order valence-corrected chi connectivity index (χ3v) is 3.75. The Morgan fingerprint density at radius 3 is 2.89 bits per heavy atom. The summed E-state index contributed by atoms with van der Waals surface area (Å²) in [6, 6.07) is 5.94. The molecule has 96 valence electrons. The van der Waals surface area contributed by atoms with Gasteiger partial charge in [0.2, 0.25) is 0 Å². The number of fused-ring (bicyclic) bond motifs is 1. The summed E-state index contributed by atoms with van der Waals surface area (Å²) in [6.07, 6.45) is 2.09. The molecule has 0 aliphatic carbocycles. The van der Waals surface area contributed by atoms with Crippen LogP contribution in [0.2, 0.25) is 0 Å². The molecule has 0 atom stereocenters. The van der Waals surface area contributed by atoms with Crippen LogP contribution in [0.4, 0.5) is 0 Å². The molecule has 1 aromatic heterocycles. The van der Waals surface area contributed by atoms with E-state index in [4.69, 9.17) is 9.72 Å². The van der Waals surface area contributed by atoms with E-state index in [-0.39, 0.29) is 6.61 Å². The number of aliphatic hydroxyl groups is 1. The topological polar surface area (TPSA) is 47.3 Å². The van der Waals surface area contributed by atoms with Crippen LogP contribution in [0.5, 0.6) is 0 Å². The van der Waals surface area contributed by atoms with E-state index in [1.807, 2.05) is 18.2 Å². The number of rotatable bonds is 2. The molecule has 3 rings (SSSR count). The van der Waals surface area contributed by atoms with Gasteiger partial charge in [-0.05, 0) is 30.5 Å². The summed E-state index contributed by atoms with van der Waals surface area (Å²) in [5, 5.41) is 9.20. The number of hydrogen-bond acceptors (Lipinski definition) is 3. The van der Waals surface area contributed by atoms with Gasteiger partial charge in [-0.1, -0.05) is 6.07 Å². The van der Waals surface area contributed by atoms with Gasteiger partial charge in [-0.3, -0.25) is 0 Å². The Morgan fingerprint density at radius 2 is 2.17 bits per heavy atom. The summed E-state index contributed by atoms with van der Waals surface area (Å²) in [5.41, 5.74) is 3.04. The van der Waals surface area contributed by atoms with Gasteiger partial charge in [0, 0.05) is 26.2 Å². The molecule has 1 aliphatic rings. The Labute approximate surface area is 106 Å². The lowest BCUT2D eigenvalue weighted by molar-refractivity contribution is 0.0831. The number of aromatic nitrogens is 2. The second kappa shape index (κ2) is 4.71. The molecule has 2 heterocycles. The van der Waals surface area contributed by atoms with E-state index in [9.17, 15) is 5.11 Å². The monoisotopic (exact) mass is 246 g/mol. The fraction of sp³-hybridized carbons (Fsp3) is 0.500. The highest BCUT2D eigenvalue weighted by molar-refractivity contribution is 5.77. The normalized spacial score (nSPS) is 17.4. The van der Waals surface area contributed by atoms with Crippen LogP contribution < -0.4 is 0 Å². The highest BCUT2D eigenvalue weighted by atomic mass is 16.5. The summed E-state index contributed by atoms with van der Waals surface area (Å²) >= 11 is 0. The SMILES string of the molecule is Cn1c(C2CCOCC2)nc2ccc(CO)cc21. The van der Waals surface area contributed by atoms with Gasteiger partial charge in [0.25, 0.3) is 0 Å². The van der Waals surface area contributed by atoms with E-state index in [2.05, 4.69) is 11.6 Å². The number of ether oxygens (including phenoxy) is 1. The molecule has 1 N–H and O–H groups in total. The third-order valence-electron chi connectivity index (χ3n) is 3.75. The van der Waals surface area contributed by atoms with Gasteiger partial charge in [-0.15, -0.1) is 0 Å². The molecule has 0 saturated carbocycles. The highest BCUT2D eigenvalue weighted by Gasteiger charge is 2.21. The van der Waals surface area contributed by atoms with Crippen LogP contribution in [0, 0.1) is 0 Å². The average molecular weight is 246 g/mol. The number of hydrogen-bond donors (Lipinski definition) is 1. The predicted octanol–water partition coefficient (Wildman–Crippen LogP) is 1.96. The van der Waals surface area contributed by atoms with Crippen molar-refractivity contribution in [1.29, 1.82) is 0 Å². The zero-order valence-corrected chi connectivity index (χ0v) is 10.6. The molecular formula is C14H18N2O2. The van der Waals surface area contributed by atoms with Crippen molar-refractivity contribution in [3.8, 4) is 0 Å². The van der Waals surface area contributed by atoms with E-state index in [1.165, 1.54) is 0 Å². The van der Waals surface area contributed by atoms with E-state index >= 15 is 0 Å². The Kier molecular flexibility index (Phi) is 3.06. The maximum absolute atomic E-state index is 9.20. The van der Waals surface area contributed by atoms with Crippen molar-refractivity contribution in [2.45, 2.75) is 25.4 Å². The number of aliphatic hydroxyl groups excluding tert-OH is 1. The Bertz CT molecular complexity index is 556. The molecule has 1 saturated heterocycles. The molecule has 0 amide bonds. The quantitative estimate of drug-likeness (QED) is 0.881. The van der Waals surface area contributed by atoms with Crippen molar-refractivity contribution in [1.82, 2.24) is 9.55 Å². The van der Waals surface area contributed by atoms with Crippen LogP contribution in [0.15, 0.2) is 18.2 Å². The molecule has 0 unspecified atom stereocenters. The molecule has 1 aromatic carbocycles. The average Bonchev–Trinajstić information content (AvgIpc) is 2.77. The summed E-state index contributed by atoms with van der Waals surface area (Å²) in [4.78, 5) is 4.74. The summed E-state index contributed by atoms with van der Waals surface area (Å²) in [5.74, 6) is 1.64. The van der Waals surface area contributed by atoms with Crippen LogP contribution >= 0.6 is 0 Å². The van der Waals surface area contributed by atoms with Gasteiger partial charge in [0.15, 0.2) is 0 Å². The minimum Gasteiger partial charge on any atom is -0.392 e. The second-order valence-corrected chi connectivity index (χ2v) is 4.90. The molecule has 1 fully saturated rings. The van der Waals surface area contributed by atoms with Crippen LogP contribution in [0.3, 0.4) is 0 Å². The first kappa shape index (κ1) is 11.7. The molecule has 0 spiro atoms. The van der Waals surface area contributed by atoms with E-state index in [0.29, 0.717) is 5.92 Å². The molecule has 0 radical (unpaired) electrons. The smallest absolute Gasteiger partial charge is 0.112 e. The number of nitrogens with zero attached hydrogens (tertiary/aromatic N) is 2. The lowest BCUT2D eigenvalue weighted by Gasteiger charge is -2.21. The lowest BCUT2D eigenvalue weighted by Crippen LogP contribution is -2.17. The lowest BCUT2D eigenvalue weighted by atomic mass is 9.99. The van der Waals surface area contributed by atoms with Crippen molar-refractivity contribution in [3.63, 3.8) is 0 Å². The van der Waals surface area contributed by atoms with Crippen molar-refractivity contribution in [2.75, 3.05) is 13.2 Å². The van der Waals surface area contributed by atoms with Gasteiger partial charge < -0.3 is 14.4 Å². The summed E-state index contributed by atoms with van der Waals surface area (Å²) in [7, 11) is 2.06. The predicted molar refractivity (Wildman–Crippen MR) is 69.4 cm³/mol. The highest BCUT2D eigenvalue weighted by Crippen LogP contribution is 2.28. The van der Waals surface area contributed by atoms with E-state index in [0.717, 1.165) is 48.5 Å². The Balaban J connectivity index is 2.04. The molecule has 0 bridgehead atoms.